The summed E-state index contributed by atoms with van der Waals surface area (Å²) in [6.45, 7) is 5.14. The third-order valence-electron chi connectivity index (χ3n) is 5.15. The first-order valence-electron chi connectivity index (χ1n) is 10.0. The molecular weight excluding hydrogens is 386 g/mol. The van der Waals surface area contributed by atoms with Crippen molar-refractivity contribution in [3.05, 3.63) is 58.6 Å². The quantitative estimate of drug-likeness (QED) is 0.315. The molecule has 9 nitrogen and oxygen atoms in total. The second-order valence-electron chi connectivity index (χ2n) is 7.20. The Bertz CT molecular complexity index is 851. The predicted molar refractivity (Wildman–Crippen MR) is 115 cm³/mol. The van der Waals surface area contributed by atoms with Crippen molar-refractivity contribution < 1.29 is 19.4 Å². The number of nitrogens with zero attached hydrogens (tertiary/aromatic N) is 2. The fraction of sp³-hybridized carbons (Fsp3) is 0.381. The van der Waals surface area contributed by atoms with Gasteiger partial charge in [-0.2, -0.15) is 0 Å². The zero-order valence-electron chi connectivity index (χ0n) is 17.1. The summed E-state index contributed by atoms with van der Waals surface area (Å²) in [5, 5.41) is 16.7. The van der Waals surface area contributed by atoms with E-state index in [1.807, 2.05) is 18.2 Å². The van der Waals surface area contributed by atoms with Crippen molar-refractivity contribution in [3.63, 3.8) is 0 Å². The molecule has 0 atom stereocenters. The monoisotopic (exact) mass is 414 g/mol. The number of non-ortho nitro benzene ring substituents is 1. The zero-order valence-corrected chi connectivity index (χ0v) is 17.1. The first kappa shape index (κ1) is 21.4. The Kier molecular flexibility index (Phi) is 7.45. The topological polar surface area (TPSA) is 101 Å². The number of nitrogens with one attached hydrogen (secondary N) is 3. The van der Waals surface area contributed by atoms with E-state index in [9.17, 15) is 14.9 Å². The number of hydrogen-bond acceptors (Lipinski definition) is 6. The average Bonchev–Trinajstić information content (AvgIpc) is 2.77. The fourth-order valence-corrected chi connectivity index (χ4v) is 3.46. The summed E-state index contributed by atoms with van der Waals surface area (Å²) < 4.78 is 5.29. The first-order chi connectivity index (χ1) is 14.5. The van der Waals surface area contributed by atoms with Crippen molar-refractivity contribution in [1.82, 2.24) is 5.32 Å². The van der Waals surface area contributed by atoms with Gasteiger partial charge < -0.3 is 25.2 Å². The van der Waals surface area contributed by atoms with Crippen LogP contribution in [0.15, 0.2) is 48.5 Å². The van der Waals surface area contributed by atoms with Crippen LogP contribution in [-0.2, 0) is 4.79 Å². The lowest BCUT2D eigenvalue weighted by atomic mass is 10.2. The largest absolute Gasteiger partial charge is 0.497 e. The second-order valence-corrected chi connectivity index (χ2v) is 7.20. The number of nitro benzene ring substituents is 1. The Hall–Kier alpha value is -3.33. The van der Waals surface area contributed by atoms with E-state index in [2.05, 4.69) is 21.6 Å². The number of anilines is 2. The van der Waals surface area contributed by atoms with Crippen molar-refractivity contribution >= 4 is 23.0 Å². The number of ether oxygens (including phenoxy) is 1. The number of methoxy groups -OCH3 is 1. The van der Waals surface area contributed by atoms with Gasteiger partial charge in [0.2, 0.25) is 0 Å². The van der Waals surface area contributed by atoms with Crippen molar-refractivity contribution in [2.75, 3.05) is 63.1 Å². The van der Waals surface area contributed by atoms with E-state index in [-0.39, 0.29) is 11.6 Å². The number of benzene rings is 2. The summed E-state index contributed by atoms with van der Waals surface area (Å²) in [4.78, 5) is 26.0. The molecule has 0 spiro atoms. The molecule has 3 rings (SSSR count). The molecule has 30 heavy (non-hydrogen) atoms. The summed E-state index contributed by atoms with van der Waals surface area (Å²) in [5.74, 6) is 0.884. The van der Waals surface area contributed by atoms with Gasteiger partial charge in [-0.15, -0.1) is 0 Å². The number of hydrogen-bond donors (Lipinski definition) is 3. The van der Waals surface area contributed by atoms with Crippen LogP contribution in [0.1, 0.15) is 0 Å². The third kappa shape index (κ3) is 6.08. The smallest absolute Gasteiger partial charge is 0.275 e. The summed E-state index contributed by atoms with van der Waals surface area (Å²) in [6.07, 6.45) is 0. The number of carbonyl (C=O) groups is 1. The molecule has 0 unspecified atom stereocenters. The highest BCUT2D eigenvalue weighted by atomic mass is 16.6. The Labute approximate surface area is 175 Å². The molecule has 0 saturated carbocycles. The maximum absolute atomic E-state index is 12.2. The van der Waals surface area contributed by atoms with Gasteiger partial charge in [-0.25, -0.2) is 0 Å². The Morgan fingerprint density at radius 2 is 1.90 bits per heavy atom. The summed E-state index contributed by atoms with van der Waals surface area (Å²) in [6, 6.07) is 14.3. The molecule has 1 fully saturated rings. The van der Waals surface area contributed by atoms with Crippen LogP contribution in [0.25, 0.3) is 0 Å². The number of nitro groups is 1. The Balaban J connectivity index is 1.33. The van der Waals surface area contributed by atoms with Crippen LogP contribution in [0, 0.1) is 10.1 Å². The van der Waals surface area contributed by atoms with Crippen molar-refractivity contribution in [2.45, 2.75) is 0 Å². The summed E-state index contributed by atoms with van der Waals surface area (Å²) in [7, 11) is 1.67. The van der Waals surface area contributed by atoms with E-state index in [0.29, 0.717) is 19.6 Å². The van der Waals surface area contributed by atoms with E-state index in [1.54, 1.807) is 19.2 Å². The first-order valence-corrected chi connectivity index (χ1v) is 10.0. The third-order valence-corrected chi connectivity index (χ3v) is 5.15. The maximum atomic E-state index is 12.2. The van der Waals surface area contributed by atoms with Gasteiger partial charge in [0.15, 0.2) is 6.54 Å². The van der Waals surface area contributed by atoms with Crippen molar-refractivity contribution in [1.29, 1.82) is 0 Å². The maximum Gasteiger partial charge on any atom is 0.275 e. The molecule has 0 aliphatic carbocycles. The van der Waals surface area contributed by atoms with Crippen molar-refractivity contribution in [3.8, 4) is 5.75 Å². The SMILES string of the molecule is COc1cccc(N2CC[NH+](CC(=O)NCCNc3ccc([N+](=O)[O-])cc3)CC2)c1. The standard InChI is InChI=1S/C21H27N5O4/c1-30-20-4-2-3-19(15-20)25-13-11-24(12-14-25)16-21(27)23-10-9-22-17-5-7-18(8-6-17)26(28)29/h2-8,15,22H,9-14,16H2,1H3,(H,23,27)/p+1. The number of amides is 1. The number of carbonyl (C=O) groups excluding carboxylic acids is 1. The number of piperazine rings is 1. The second kappa shape index (κ2) is 10.4. The van der Waals surface area contributed by atoms with E-state index >= 15 is 0 Å². The summed E-state index contributed by atoms with van der Waals surface area (Å²) in [5.41, 5.74) is 1.99. The lowest BCUT2D eigenvalue weighted by Gasteiger charge is -2.33. The number of quaternary nitrogens is 1. The molecule has 1 aliphatic heterocycles. The van der Waals surface area contributed by atoms with Crippen LogP contribution < -0.4 is 25.2 Å². The van der Waals surface area contributed by atoms with Gasteiger partial charge in [0, 0.05) is 42.7 Å². The Morgan fingerprint density at radius 3 is 2.57 bits per heavy atom. The molecule has 1 heterocycles. The van der Waals surface area contributed by atoms with Gasteiger partial charge in [-0.3, -0.25) is 14.9 Å². The van der Waals surface area contributed by atoms with Crippen LogP contribution in [0.5, 0.6) is 5.75 Å². The van der Waals surface area contributed by atoms with E-state index in [4.69, 9.17) is 4.74 Å². The van der Waals surface area contributed by atoms with Gasteiger partial charge in [0.1, 0.15) is 5.75 Å². The minimum atomic E-state index is -0.428. The van der Waals surface area contributed by atoms with Crippen molar-refractivity contribution in [2.24, 2.45) is 0 Å². The van der Waals surface area contributed by atoms with Gasteiger partial charge in [0.05, 0.1) is 38.2 Å². The van der Waals surface area contributed by atoms with Crippen LogP contribution in [0.4, 0.5) is 17.1 Å². The van der Waals surface area contributed by atoms with Gasteiger partial charge in [0.25, 0.3) is 11.6 Å². The molecule has 0 radical (unpaired) electrons. The van der Waals surface area contributed by atoms with Crippen LogP contribution in [0.3, 0.4) is 0 Å². The minimum absolute atomic E-state index is 0.0327. The highest BCUT2D eigenvalue weighted by Gasteiger charge is 2.22. The molecule has 2 aromatic carbocycles. The van der Waals surface area contributed by atoms with Crippen LogP contribution in [0.2, 0.25) is 0 Å². The van der Waals surface area contributed by atoms with E-state index < -0.39 is 4.92 Å². The molecule has 0 aromatic heterocycles. The van der Waals surface area contributed by atoms with Crippen LogP contribution in [-0.4, -0.2) is 63.8 Å². The highest BCUT2D eigenvalue weighted by molar-refractivity contribution is 5.76. The molecule has 1 amide bonds. The minimum Gasteiger partial charge on any atom is -0.497 e. The molecule has 9 heteroatoms. The Morgan fingerprint density at radius 1 is 1.17 bits per heavy atom. The number of rotatable bonds is 9. The van der Waals surface area contributed by atoms with Gasteiger partial charge >= 0.3 is 0 Å². The highest BCUT2D eigenvalue weighted by Crippen LogP contribution is 2.20. The normalized spacial score (nSPS) is 14.2. The predicted octanol–water partition coefficient (Wildman–Crippen LogP) is 0.537. The van der Waals surface area contributed by atoms with Gasteiger partial charge in [-0.05, 0) is 24.3 Å². The van der Waals surface area contributed by atoms with E-state index in [1.165, 1.54) is 17.0 Å². The molecule has 1 aliphatic rings. The lowest BCUT2D eigenvalue weighted by Crippen LogP contribution is -3.16. The lowest BCUT2D eigenvalue weighted by molar-refractivity contribution is -0.892. The molecule has 1 saturated heterocycles. The summed E-state index contributed by atoms with van der Waals surface area (Å²) >= 11 is 0. The van der Waals surface area contributed by atoms with E-state index in [0.717, 1.165) is 43.3 Å². The molecule has 0 bridgehead atoms. The molecule has 3 N–H and O–H groups in total. The molecule has 2 aromatic rings. The molecular formula is C21H28N5O4+. The molecule has 160 valence electrons. The fourth-order valence-electron chi connectivity index (χ4n) is 3.46. The zero-order chi connectivity index (χ0) is 21.3. The van der Waals surface area contributed by atoms with Crippen LogP contribution >= 0.6 is 0 Å². The van der Waals surface area contributed by atoms with Gasteiger partial charge in [-0.1, -0.05) is 6.07 Å². The average molecular weight is 414 g/mol.